The van der Waals surface area contributed by atoms with E-state index in [1.807, 2.05) is 42.9 Å². The second-order valence-corrected chi connectivity index (χ2v) is 9.37. The molecule has 0 radical (unpaired) electrons. The molecule has 0 unspecified atom stereocenters. The van der Waals surface area contributed by atoms with Gasteiger partial charge in [0.2, 0.25) is 11.8 Å². The van der Waals surface area contributed by atoms with Crippen LogP contribution in [0.4, 0.5) is 5.95 Å². The summed E-state index contributed by atoms with van der Waals surface area (Å²) in [6.45, 7) is 3.01. The number of fused-ring (bicyclic) bond motifs is 2. The molecule has 6 rings (SSSR count). The number of benzene rings is 1. The van der Waals surface area contributed by atoms with E-state index >= 15 is 0 Å². The fraction of sp³-hybridized carbons (Fsp3) is 0.478. The Morgan fingerprint density at radius 3 is 2.79 bits per heavy atom. The first-order valence-electron chi connectivity index (χ1n) is 11.4. The van der Waals surface area contributed by atoms with Crippen molar-refractivity contribution in [3.8, 4) is 17.0 Å². The third-order valence-electron chi connectivity index (χ3n) is 6.68. The van der Waals surface area contributed by atoms with Crippen molar-refractivity contribution in [2.45, 2.75) is 50.4 Å². The summed E-state index contributed by atoms with van der Waals surface area (Å²) in [6, 6.07) is 8.32. The molecule has 33 heavy (non-hydrogen) atoms. The summed E-state index contributed by atoms with van der Waals surface area (Å²) in [6.07, 6.45) is 5.17. The second-order valence-electron chi connectivity index (χ2n) is 9.37. The Labute approximate surface area is 190 Å². The normalized spacial score (nSPS) is 23.7. The van der Waals surface area contributed by atoms with Gasteiger partial charge in [0.05, 0.1) is 24.3 Å². The zero-order valence-electron chi connectivity index (χ0n) is 18.7. The number of anilines is 1. The average Bonchev–Trinajstić information content (AvgIpc) is 3.36. The highest BCUT2D eigenvalue weighted by molar-refractivity contribution is 5.89. The molecule has 1 aliphatic carbocycles. The number of ether oxygens (including phenoxy) is 2. The van der Waals surface area contributed by atoms with Gasteiger partial charge in [-0.2, -0.15) is 4.98 Å². The Bertz CT molecular complexity index is 1310. The molecule has 0 atom stereocenters. The second kappa shape index (κ2) is 7.67. The van der Waals surface area contributed by atoms with Crippen LogP contribution in [-0.4, -0.2) is 65.7 Å². The Kier molecular flexibility index (Phi) is 4.73. The molecule has 1 saturated heterocycles. The minimum atomic E-state index is -0.582. The topological polar surface area (TPSA) is 112 Å². The van der Waals surface area contributed by atoms with Gasteiger partial charge in [-0.1, -0.05) is 11.3 Å². The van der Waals surface area contributed by atoms with Gasteiger partial charge in [-0.15, -0.1) is 10.2 Å². The molecule has 2 fully saturated rings. The molecule has 1 saturated carbocycles. The number of aromatic nitrogens is 6. The minimum Gasteiger partial charge on any atom is -0.468 e. The molecule has 10 heteroatoms. The van der Waals surface area contributed by atoms with Crippen molar-refractivity contribution in [1.29, 1.82) is 0 Å². The highest BCUT2D eigenvalue weighted by Crippen LogP contribution is 2.34. The van der Waals surface area contributed by atoms with E-state index in [0.29, 0.717) is 25.0 Å². The first-order valence-corrected chi connectivity index (χ1v) is 11.4. The van der Waals surface area contributed by atoms with Crippen LogP contribution in [0.3, 0.4) is 0 Å². The van der Waals surface area contributed by atoms with Crippen LogP contribution in [0.15, 0.2) is 30.5 Å². The molecule has 172 valence electrons. The van der Waals surface area contributed by atoms with E-state index in [0.717, 1.165) is 53.4 Å². The number of hydrogen-bond donors (Lipinski definition) is 2. The van der Waals surface area contributed by atoms with E-state index in [9.17, 15) is 5.11 Å². The SMILES string of the molecule is Cn1nnc2ccc(-c3ccn4nc(N[C@H]5CC[C@](C)(O)CC5)nc(OC5COC5)c34)cc21. The van der Waals surface area contributed by atoms with Gasteiger partial charge in [-0.05, 0) is 56.4 Å². The van der Waals surface area contributed by atoms with E-state index in [-0.39, 0.29) is 12.1 Å². The highest BCUT2D eigenvalue weighted by atomic mass is 16.6. The summed E-state index contributed by atoms with van der Waals surface area (Å²) in [4.78, 5) is 4.77. The van der Waals surface area contributed by atoms with Gasteiger partial charge in [-0.3, -0.25) is 0 Å². The molecular formula is C23H27N7O3. The number of nitrogens with zero attached hydrogens (tertiary/aromatic N) is 6. The fourth-order valence-electron chi connectivity index (χ4n) is 4.57. The summed E-state index contributed by atoms with van der Waals surface area (Å²) >= 11 is 0. The zero-order chi connectivity index (χ0) is 22.6. The van der Waals surface area contributed by atoms with Crippen molar-refractivity contribution < 1.29 is 14.6 Å². The molecule has 4 aromatic rings. The lowest BCUT2D eigenvalue weighted by molar-refractivity contribution is -0.0808. The van der Waals surface area contributed by atoms with Crippen molar-refractivity contribution in [1.82, 2.24) is 29.6 Å². The van der Waals surface area contributed by atoms with Gasteiger partial charge < -0.3 is 19.9 Å². The van der Waals surface area contributed by atoms with Crippen molar-refractivity contribution in [2.75, 3.05) is 18.5 Å². The van der Waals surface area contributed by atoms with Gasteiger partial charge in [0.25, 0.3) is 0 Å². The van der Waals surface area contributed by atoms with E-state index in [1.54, 1.807) is 4.68 Å². The van der Waals surface area contributed by atoms with Crippen LogP contribution >= 0.6 is 0 Å². The number of hydrogen-bond acceptors (Lipinski definition) is 8. The Morgan fingerprint density at radius 2 is 2.03 bits per heavy atom. The predicted molar refractivity (Wildman–Crippen MR) is 122 cm³/mol. The highest BCUT2D eigenvalue weighted by Gasteiger charge is 2.30. The lowest BCUT2D eigenvalue weighted by atomic mass is 9.84. The summed E-state index contributed by atoms with van der Waals surface area (Å²) in [7, 11) is 1.88. The standard InChI is InChI=1S/C23H27N7O3/c1-23(31)8-5-15(6-9-23)24-22-25-21(33-16-12-32-13-16)20-17(7-10-30(20)27-22)14-3-4-18-19(11-14)29(2)28-26-18/h3-4,7,10-11,15-16,31H,5-6,8-9,12-13H2,1-2H3,(H,24,27)/t15-,23-. The van der Waals surface area contributed by atoms with Crippen molar-refractivity contribution in [3.63, 3.8) is 0 Å². The van der Waals surface area contributed by atoms with Crippen LogP contribution in [0, 0.1) is 0 Å². The molecule has 0 amide bonds. The molecule has 10 nitrogen and oxygen atoms in total. The van der Waals surface area contributed by atoms with Gasteiger partial charge in [0.15, 0.2) is 0 Å². The lowest BCUT2D eigenvalue weighted by Gasteiger charge is -2.33. The maximum absolute atomic E-state index is 10.3. The molecule has 2 N–H and O–H groups in total. The summed E-state index contributed by atoms with van der Waals surface area (Å²) < 4.78 is 15.1. The van der Waals surface area contributed by atoms with Crippen LogP contribution in [0.5, 0.6) is 5.88 Å². The summed E-state index contributed by atoms with van der Waals surface area (Å²) in [5.41, 5.74) is 4.03. The van der Waals surface area contributed by atoms with Crippen LogP contribution in [0.25, 0.3) is 27.7 Å². The number of nitrogens with one attached hydrogen (secondary N) is 1. The molecule has 0 bridgehead atoms. The third kappa shape index (κ3) is 3.79. The molecule has 2 aliphatic rings. The molecular weight excluding hydrogens is 422 g/mol. The molecule has 4 heterocycles. The van der Waals surface area contributed by atoms with Crippen LogP contribution in [0.2, 0.25) is 0 Å². The maximum Gasteiger partial charge on any atom is 0.244 e. The van der Waals surface area contributed by atoms with E-state index < -0.39 is 5.60 Å². The maximum atomic E-state index is 10.3. The Morgan fingerprint density at radius 1 is 1.21 bits per heavy atom. The van der Waals surface area contributed by atoms with Gasteiger partial charge in [-0.25, -0.2) is 9.20 Å². The van der Waals surface area contributed by atoms with E-state index in [1.165, 1.54) is 0 Å². The Balaban J connectivity index is 1.38. The quantitative estimate of drug-likeness (QED) is 0.478. The molecule has 0 spiro atoms. The first-order chi connectivity index (χ1) is 15.9. The first kappa shape index (κ1) is 20.4. The molecule has 3 aromatic heterocycles. The van der Waals surface area contributed by atoms with Crippen molar-refractivity contribution >= 4 is 22.5 Å². The van der Waals surface area contributed by atoms with Gasteiger partial charge in [0.1, 0.15) is 17.1 Å². The molecule has 1 aliphatic heterocycles. The van der Waals surface area contributed by atoms with E-state index in [2.05, 4.69) is 21.7 Å². The van der Waals surface area contributed by atoms with Crippen LogP contribution < -0.4 is 10.1 Å². The van der Waals surface area contributed by atoms with Gasteiger partial charge >= 0.3 is 0 Å². The zero-order valence-corrected chi connectivity index (χ0v) is 18.7. The van der Waals surface area contributed by atoms with E-state index in [4.69, 9.17) is 19.6 Å². The third-order valence-corrected chi connectivity index (χ3v) is 6.68. The smallest absolute Gasteiger partial charge is 0.244 e. The number of aliphatic hydroxyl groups is 1. The Hall–Kier alpha value is -3.24. The lowest BCUT2D eigenvalue weighted by Crippen LogP contribution is -2.39. The van der Waals surface area contributed by atoms with Crippen LogP contribution in [-0.2, 0) is 11.8 Å². The largest absolute Gasteiger partial charge is 0.468 e. The average molecular weight is 450 g/mol. The summed E-state index contributed by atoms with van der Waals surface area (Å²) in [5, 5.41) is 26.7. The minimum absolute atomic E-state index is 0.0205. The monoisotopic (exact) mass is 449 g/mol. The predicted octanol–water partition coefficient (Wildman–Crippen LogP) is 2.56. The van der Waals surface area contributed by atoms with Crippen molar-refractivity contribution in [2.24, 2.45) is 7.05 Å². The van der Waals surface area contributed by atoms with Gasteiger partial charge in [0, 0.05) is 24.8 Å². The van der Waals surface area contributed by atoms with Crippen LogP contribution in [0.1, 0.15) is 32.6 Å². The fourth-order valence-corrected chi connectivity index (χ4v) is 4.57. The number of aryl methyl sites for hydroxylation is 1. The van der Waals surface area contributed by atoms with Crippen molar-refractivity contribution in [3.05, 3.63) is 30.5 Å². The summed E-state index contributed by atoms with van der Waals surface area (Å²) in [5.74, 6) is 1.06. The number of rotatable bonds is 5. The molecule has 1 aromatic carbocycles.